The molecule has 0 unspecified atom stereocenters. The van der Waals surface area contributed by atoms with E-state index >= 15 is 0 Å². The van der Waals surface area contributed by atoms with Crippen molar-refractivity contribution in [3.63, 3.8) is 0 Å². The van der Waals surface area contributed by atoms with Crippen LogP contribution in [0.3, 0.4) is 0 Å². The molecule has 0 spiro atoms. The zero-order chi connectivity index (χ0) is 16.8. The van der Waals surface area contributed by atoms with Gasteiger partial charge in [0.15, 0.2) is 11.5 Å². The molecule has 7 nitrogen and oxygen atoms in total. The van der Waals surface area contributed by atoms with Gasteiger partial charge >= 0.3 is 0 Å². The maximum absolute atomic E-state index is 10.7. The molecule has 0 aliphatic heterocycles. The van der Waals surface area contributed by atoms with E-state index in [4.69, 9.17) is 9.47 Å². The number of nitrogens with one attached hydrogen (secondary N) is 1. The van der Waals surface area contributed by atoms with Gasteiger partial charge in [-0.2, -0.15) is 0 Å². The minimum Gasteiger partial charge on any atom is -0.493 e. The molecule has 1 heterocycles. The van der Waals surface area contributed by atoms with Crippen molar-refractivity contribution in [3.05, 3.63) is 51.7 Å². The first kappa shape index (κ1) is 16.5. The van der Waals surface area contributed by atoms with Crippen LogP contribution in [0.15, 0.2) is 30.5 Å². The molecule has 0 aliphatic carbocycles. The molecule has 2 rings (SSSR count). The Hall–Kier alpha value is -2.83. The van der Waals surface area contributed by atoms with Crippen LogP contribution in [0.4, 0.5) is 11.5 Å². The van der Waals surface area contributed by atoms with E-state index in [0.717, 1.165) is 17.5 Å². The van der Waals surface area contributed by atoms with Gasteiger partial charge in [0.1, 0.15) is 12.0 Å². The SMILES string of the molecule is COc1ccc(CCNc2ncc([N+](=O)[O-])cc2C)cc1OC. The summed E-state index contributed by atoms with van der Waals surface area (Å²) < 4.78 is 10.5. The van der Waals surface area contributed by atoms with Gasteiger partial charge in [-0.25, -0.2) is 4.98 Å². The fourth-order valence-electron chi connectivity index (χ4n) is 2.21. The minimum atomic E-state index is -0.451. The zero-order valence-electron chi connectivity index (χ0n) is 13.3. The first-order chi connectivity index (χ1) is 11.0. The number of ether oxygens (including phenoxy) is 2. The van der Waals surface area contributed by atoms with Crippen LogP contribution in [0.5, 0.6) is 11.5 Å². The van der Waals surface area contributed by atoms with Crippen LogP contribution in [-0.2, 0) is 6.42 Å². The summed E-state index contributed by atoms with van der Waals surface area (Å²) in [7, 11) is 3.20. The monoisotopic (exact) mass is 317 g/mol. The molecule has 0 amide bonds. The molecule has 2 aromatic rings. The van der Waals surface area contributed by atoms with Gasteiger partial charge in [-0.05, 0) is 36.6 Å². The van der Waals surface area contributed by atoms with Crippen LogP contribution in [0.2, 0.25) is 0 Å². The molecule has 7 heteroatoms. The Morgan fingerprint density at radius 1 is 1.22 bits per heavy atom. The third-order valence-corrected chi connectivity index (χ3v) is 3.43. The number of pyridine rings is 1. The van der Waals surface area contributed by atoms with Crippen LogP contribution in [0, 0.1) is 17.0 Å². The largest absolute Gasteiger partial charge is 0.493 e. The number of aryl methyl sites for hydroxylation is 1. The lowest BCUT2D eigenvalue weighted by molar-refractivity contribution is -0.385. The topological polar surface area (TPSA) is 86.5 Å². The van der Waals surface area contributed by atoms with E-state index in [2.05, 4.69) is 10.3 Å². The van der Waals surface area contributed by atoms with E-state index in [1.807, 2.05) is 18.2 Å². The first-order valence-corrected chi connectivity index (χ1v) is 7.11. The second kappa shape index (κ2) is 7.44. The number of aromatic nitrogens is 1. The second-order valence-corrected chi connectivity index (χ2v) is 4.98. The van der Waals surface area contributed by atoms with Crippen molar-refractivity contribution in [1.29, 1.82) is 0 Å². The molecule has 0 fully saturated rings. The smallest absolute Gasteiger partial charge is 0.287 e. The van der Waals surface area contributed by atoms with Crippen molar-refractivity contribution >= 4 is 11.5 Å². The highest BCUT2D eigenvalue weighted by molar-refractivity contribution is 5.48. The number of nitro groups is 1. The fourth-order valence-corrected chi connectivity index (χ4v) is 2.21. The van der Waals surface area contributed by atoms with Crippen molar-refractivity contribution in [2.75, 3.05) is 26.1 Å². The van der Waals surface area contributed by atoms with E-state index in [1.165, 1.54) is 12.3 Å². The number of benzene rings is 1. The second-order valence-electron chi connectivity index (χ2n) is 4.98. The van der Waals surface area contributed by atoms with Crippen molar-refractivity contribution in [1.82, 2.24) is 4.98 Å². The van der Waals surface area contributed by atoms with Gasteiger partial charge in [-0.3, -0.25) is 10.1 Å². The molecule has 0 saturated heterocycles. The predicted octanol–water partition coefficient (Wildman–Crippen LogP) is 2.97. The van der Waals surface area contributed by atoms with Gasteiger partial charge in [0.2, 0.25) is 0 Å². The third kappa shape index (κ3) is 4.09. The number of hydrogen-bond acceptors (Lipinski definition) is 6. The molecular formula is C16H19N3O4. The van der Waals surface area contributed by atoms with E-state index < -0.39 is 4.92 Å². The molecule has 1 N–H and O–H groups in total. The summed E-state index contributed by atoms with van der Waals surface area (Å²) >= 11 is 0. The van der Waals surface area contributed by atoms with E-state index in [0.29, 0.717) is 23.9 Å². The van der Waals surface area contributed by atoms with Gasteiger partial charge in [-0.15, -0.1) is 0 Å². The lowest BCUT2D eigenvalue weighted by atomic mass is 10.1. The Balaban J connectivity index is 1.98. The highest BCUT2D eigenvalue weighted by atomic mass is 16.6. The molecule has 0 saturated carbocycles. The first-order valence-electron chi connectivity index (χ1n) is 7.11. The van der Waals surface area contributed by atoms with E-state index in [9.17, 15) is 10.1 Å². The predicted molar refractivity (Wildman–Crippen MR) is 87.4 cm³/mol. The van der Waals surface area contributed by atoms with Crippen molar-refractivity contribution in [3.8, 4) is 11.5 Å². The molecule has 122 valence electrons. The number of nitrogens with zero attached hydrogens (tertiary/aromatic N) is 2. The summed E-state index contributed by atoms with van der Waals surface area (Å²) in [5.74, 6) is 2.03. The van der Waals surface area contributed by atoms with Crippen LogP contribution in [-0.4, -0.2) is 30.7 Å². The number of hydrogen-bond donors (Lipinski definition) is 1. The molecular weight excluding hydrogens is 298 g/mol. The summed E-state index contributed by atoms with van der Waals surface area (Å²) in [6, 6.07) is 7.27. The number of anilines is 1. The average molecular weight is 317 g/mol. The standard InChI is InChI=1S/C16H19N3O4/c1-11-8-13(19(20)21)10-18-16(11)17-7-6-12-4-5-14(22-2)15(9-12)23-3/h4-5,8-10H,6-7H2,1-3H3,(H,17,18). The number of methoxy groups -OCH3 is 2. The Labute approximate surface area is 134 Å². The molecule has 0 atom stereocenters. The summed E-state index contributed by atoms with van der Waals surface area (Å²) in [5, 5.41) is 13.9. The van der Waals surface area contributed by atoms with Crippen LogP contribution < -0.4 is 14.8 Å². The minimum absolute atomic E-state index is 0.00654. The zero-order valence-corrected chi connectivity index (χ0v) is 13.3. The Morgan fingerprint density at radius 2 is 1.96 bits per heavy atom. The molecule has 1 aromatic heterocycles. The van der Waals surface area contributed by atoms with Gasteiger partial charge in [-0.1, -0.05) is 6.07 Å². The number of rotatable bonds is 7. The maximum Gasteiger partial charge on any atom is 0.287 e. The lowest BCUT2D eigenvalue weighted by Crippen LogP contribution is -2.08. The summed E-state index contributed by atoms with van der Waals surface area (Å²) in [6.45, 7) is 2.44. The molecule has 23 heavy (non-hydrogen) atoms. The maximum atomic E-state index is 10.7. The molecule has 1 aromatic carbocycles. The van der Waals surface area contributed by atoms with Crippen molar-refractivity contribution < 1.29 is 14.4 Å². The average Bonchev–Trinajstić information content (AvgIpc) is 2.55. The van der Waals surface area contributed by atoms with Crippen LogP contribution >= 0.6 is 0 Å². The lowest BCUT2D eigenvalue weighted by Gasteiger charge is -2.11. The fraction of sp³-hybridized carbons (Fsp3) is 0.312. The highest BCUT2D eigenvalue weighted by Crippen LogP contribution is 2.27. The highest BCUT2D eigenvalue weighted by Gasteiger charge is 2.09. The molecule has 0 bridgehead atoms. The summed E-state index contributed by atoms with van der Waals surface area (Å²) in [4.78, 5) is 14.3. The van der Waals surface area contributed by atoms with Gasteiger partial charge in [0.25, 0.3) is 5.69 Å². The summed E-state index contributed by atoms with van der Waals surface area (Å²) in [6.07, 6.45) is 2.02. The Bertz CT molecular complexity index is 704. The van der Waals surface area contributed by atoms with Crippen molar-refractivity contribution in [2.45, 2.75) is 13.3 Å². The third-order valence-electron chi connectivity index (χ3n) is 3.43. The molecule has 0 radical (unpaired) electrons. The summed E-state index contributed by atoms with van der Waals surface area (Å²) in [5.41, 5.74) is 1.83. The normalized spacial score (nSPS) is 10.2. The van der Waals surface area contributed by atoms with Crippen LogP contribution in [0.25, 0.3) is 0 Å². The van der Waals surface area contributed by atoms with Gasteiger partial charge < -0.3 is 14.8 Å². The Kier molecular flexibility index (Phi) is 5.35. The Morgan fingerprint density at radius 3 is 2.57 bits per heavy atom. The van der Waals surface area contributed by atoms with Crippen LogP contribution in [0.1, 0.15) is 11.1 Å². The van der Waals surface area contributed by atoms with Crippen molar-refractivity contribution in [2.24, 2.45) is 0 Å². The van der Waals surface area contributed by atoms with E-state index in [-0.39, 0.29) is 5.69 Å². The van der Waals surface area contributed by atoms with E-state index in [1.54, 1.807) is 21.1 Å². The quantitative estimate of drug-likeness (QED) is 0.624. The van der Waals surface area contributed by atoms with Gasteiger partial charge in [0.05, 0.1) is 19.1 Å². The molecule has 0 aliphatic rings. The van der Waals surface area contributed by atoms with Gasteiger partial charge in [0, 0.05) is 12.6 Å².